The average Bonchev–Trinajstić information content (AvgIpc) is 2.74. The van der Waals surface area contributed by atoms with Crippen LogP contribution in [0.2, 0.25) is 5.02 Å². The minimum Gasteiger partial charge on any atom is -0.381 e. The summed E-state index contributed by atoms with van der Waals surface area (Å²) >= 11 is 5.99. The molecule has 0 saturated carbocycles. The Labute approximate surface area is 173 Å². The highest BCUT2D eigenvalue weighted by Gasteiger charge is 2.32. The molecule has 2 aliphatic heterocycles. The maximum atomic E-state index is 5.99. The Morgan fingerprint density at radius 1 is 1.18 bits per heavy atom. The monoisotopic (exact) mass is 408 g/mol. The van der Waals surface area contributed by atoms with Gasteiger partial charge in [0.05, 0.1) is 12.1 Å². The Morgan fingerprint density at radius 3 is 2.46 bits per heavy atom. The molecular weight excluding hydrogens is 376 g/mol. The second-order valence-electron chi connectivity index (χ2n) is 7.56. The standard InChI is InChI=1S/C21H33ClN4O2/c1-3-23-20(24-17-21(27-2)8-14-28-15-9-21)26-12-10-25(11-13-26)16-18-4-6-19(22)7-5-18/h4-7H,3,8-17H2,1-2H3,(H,23,24). The van der Waals surface area contributed by atoms with Crippen molar-refractivity contribution in [2.75, 3.05) is 59.6 Å². The predicted octanol–water partition coefficient (Wildman–Crippen LogP) is 2.62. The molecule has 156 valence electrons. The molecule has 0 bridgehead atoms. The summed E-state index contributed by atoms with van der Waals surface area (Å²) in [5, 5.41) is 4.25. The first-order chi connectivity index (χ1) is 13.6. The molecule has 0 spiro atoms. The van der Waals surface area contributed by atoms with Crippen LogP contribution in [0.15, 0.2) is 29.3 Å². The van der Waals surface area contributed by atoms with Crippen LogP contribution in [0.25, 0.3) is 0 Å². The van der Waals surface area contributed by atoms with E-state index in [2.05, 4.69) is 34.2 Å². The smallest absolute Gasteiger partial charge is 0.194 e. The van der Waals surface area contributed by atoms with Crippen LogP contribution in [0.3, 0.4) is 0 Å². The molecule has 1 N–H and O–H groups in total. The van der Waals surface area contributed by atoms with E-state index < -0.39 is 0 Å². The lowest BCUT2D eigenvalue weighted by Crippen LogP contribution is -2.52. The van der Waals surface area contributed by atoms with Crippen molar-refractivity contribution >= 4 is 17.6 Å². The number of ether oxygens (including phenoxy) is 2. The van der Waals surface area contributed by atoms with Crippen LogP contribution in [0.4, 0.5) is 0 Å². The Morgan fingerprint density at radius 2 is 1.86 bits per heavy atom. The van der Waals surface area contributed by atoms with Crippen molar-refractivity contribution in [1.82, 2.24) is 15.1 Å². The zero-order valence-electron chi connectivity index (χ0n) is 17.1. The highest BCUT2D eigenvalue weighted by Crippen LogP contribution is 2.25. The van der Waals surface area contributed by atoms with E-state index >= 15 is 0 Å². The Hall–Kier alpha value is -1.34. The lowest BCUT2D eigenvalue weighted by Gasteiger charge is -2.38. The van der Waals surface area contributed by atoms with Gasteiger partial charge in [-0.15, -0.1) is 0 Å². The summed E-state index contributed by atoms with van der Waals surface area (Å²) in [7, 11) is 1.79. The van der Waals surface area contributed by atoms with Gasteiger partial charge in [0.25, 0.3) is 0 Å². The molecule has 0 aromatic heterocycles. The van der Waals surface area contributed by atoms with Crippen LogP contribution in [0.1, 0.15) is 25.3 Å². The number of rotatable bonds is 6. The molecule has 3 rings (SSSR count). The molecule has 2 fully saturated rings. The van der Waals surface area contributed by atoms with Gasteiger partial charge in [-0.05, 0) is 24.6 Å². The minimum absolute atomic E-state index is 0.185. The first-order valence-corrected chi connectivity index (χ1v) is 10.6. The van der Waals surface area contributed by atoms with Gasteiger partial charge in [0.1, 0.15) is 0 Å². The number of hydrogen-bond acceptors (Lipinski definition) is 4. The van der Waals surface area contributed by atoms with Gasteiger partial charge in [0.15, 0.2) is 5.96 Å². The Kier molecular flexibility index (Phi) is 7.97. The van der Waals surface area contributed by atoms with Crippen molar-refractivity contribution in [2.24, 2.45) is 4.99 Å². The summed E-state index contributed by atoms with van der Waals surface area (Å²) in [5.41, 5.74) is 1.12. The van der Waals surface area contributed by atoms with Gasteiger partial charge in [-0.1, -0.05) is 23.7 Å². The zero-order valence-corrected chi connectivity index (χ0v) is 17.9. The molecule has 7 heteroatoms. The zero-order chi connectivity index (χ0) is 19.8. The van der Waals surface area contributed by atoms with E-state index in [1.54, 1.807) is 7.11 Å². The number of guanidine groups is 1. The maximum Gasteiger partial charge on any atom is 0.194 e. The number of benzene rings is 1. The first kappa shape index (κ1) is 21.4. The maximum absolute atomic E-state index is 5.99. The second kappa shape index (κ2) is 10.4. The van der Waals surface area contributed by atoms with Gasteiger partial charge in [-0.3, -0.25) is 9.89 Å². The Bertz CT molecular complexity index is 624. The SMILES string of the molecule is CCNC(=NCC1(OC)CCOCC1)N1CCN(Cc2ccc(Cl)cc2)CC1. The van der Waals surface area contributed by atoms with Crippen molar-refractivity contribution in [3.05, 3.63) is 34.9 Å². The number of halogens is 1. The first-order valence-electron chi connectivity index (χ1n) is 10.3. The van der Waals surface area contributed by atoms with Crippen molar-refractivity contribution in [2.45, 2.75) is 31.9 Å². The molecule has 0 atom stereocenters. The third-order valence-corrected chi connectivity index (χ3v) is 5.93. The van der Waals surface area contributed by atoms with Crippen LogP contribution in [0.5, 0.6) is 0 Å². The molecule has 2 aliphatic rings. The third kappa shape index (κ3) is 5.83. The van der Waals surface area contributed by atoms with Crippen molar-refractivity contribution in [3.63, 3.8) is 0 Å². The van der Waals surface area contributed by atoms with Crippen LogP contribution < -0.4 is 5.32 Å². The number of hydrogen-bond donors (Lipinski definition) is 1. The second-order valence-corrected chi connectivity index (χ2v) is 8.00. The largest absolute Gasteiger partial charge is 0.381 e. The number of aliphatic imine (C=N–C) groups is 1. The van der Waals surface area contributed by atoms with Gasteiger partial charge in [0, 0.05) is 77.5 Å². The van der Waals surface area contributed by atoms with Gasteiger partial charge in [0.2, 0.25) is 0 Å². The van der Waals surface area contributed by atoms with Crippen molar-refractivity contribution in [3.8, 4) is 0 Å². The number of piperazine rings is 1. The lowest BCUT2D eigenvalue weighted by atomic mass is 9.94. The summed E-state index contributed by atoms with van der Waals surface area (Å²) < 4.78 is 11.3. The number of nitrogens with one attached hydrogen (secondary N) is 1. The molecule has 1 aromatic carbocycles. The summed E-state index contributed by atoms with van der Waals surface area (Å²) in [6.07, 6.45) is 1.81. The van der Waals surface area contributed by atoms with Crippen molar-refractivity contribution in [1.29, 1.82) is 0 Å². The van der Waals surface area contributed by atoms with Crippen molar-refractivity contribution < 1.29 is 9.47 Å². The highest BCUT2D eigenvalue weighted by atomic mass is 35.5. The van der Waals surface area contributed by atoms with Crippen LogP contribution >= 0.6 is 11.6 Å². The van der Waals surface area contributed by atoms with E-state index in [-0.39, 0.29) is 5.60 Å². The van der Waals surface area contributed by atoms with E-state index in [1.165, 1.54) is 5.56 Å². The molecule has 2 saturated heterocycles. The summed E-state index contributed by atoms with van der Waals surface area (Å²) in [5.74, 6) is 0.997. The fraction of sp³-hybridized carbons (Fsp3) is 0.667. The third-order valence-electron chi connectivity index (χ3n) is 5.68. The lowest BCUT2D eigenvalue weighted by molar-refractivity contribution is -0.0829. The van der Waals surface area contributed by atoms with Gasteiger partial charge >= 0.3 is 0 Å². The molecule has 28 heavy (non-hydrogen) atoms. The summed E-state index contributed by atoms with van der Waals surface area (Å²) in [4.78, 5) is 9.79. The summed E-state index contributed by atoms with van der Waals surface area (Å²) in [6, 6.07) is 8.15. The summed E-state index contributed by atoms with van der Waals surface area (Å²) in [6.45, 7) is 10.1. The Balaban J connectivity index is 1.55. The van der Waals surface area contributed by atoms with E-state index in [9.17, 15) is 0 Å². The molecule has 1 aromatic rings. The number of methoxy groups -OCH3 is 1. The van der Waals surface area contributed by atoms with Crippen LogP contribution in [-0.4, -0.2) is 81.0 Å². The molecule has 0 amide bonds. The molecule has 6 nitrogen and oxygen atoms in total. The van der Waals surface area contributed by atoms with E-state index in [0.29, 0.717) is 6.54 Å². The highest BCUT2D eigenvalue weighted by molar-refractivity contribution is 6.30. The fourth-order valence-electron chi connectivity index (χ4n) is 3.78. The van der Waals surface area contributed by atoms with E-state index in [1.807, 2.05) is 12.1 Å². The van der Waals surface area contributed by atoms with Crippen LogP contribution in [0, 0.1) is 0 Å². The minimum atomic E-state index is -0.185. The van der Waals surface area contributed by atoms with E-state index in [4.69, 9.17) is 26.1 Å². The average molecular weight is 409 g/mol. The number of nitrogens with zero attached hydrogens (tertiary/aromatic N) is 3. The fourth-order valence-corrected chi connectivity index (χ4v) is 3.91. The molecule has 0 aliphatic carbocycles. The van der Waals surface area contributed by atoms with E-state index in [0.717, 1.165) is 76.3 Å². The molecule has 2 heterocycles. The van der Waals surface area contributed by atoms with Gasteiger partial charge in [-0.25, -0.2) is 0 Å². The molecule has 0 unspecified atom stereocenters. The van der Waals surface area contributed by atoms with Gasteiger partial charge < -0.3 is 19.7 Å². The topological polar surface area (TPSA) is 49.3 Å². The molecular formula is C21H33ClN4O2. The predicted molar refractivity (Wildman–Crippen MR) is 114 cm³/mol. The molecule has 0 radical (unpaired) electrons. The normalized spacial score (nSPS) is 21.0. The van der Waals surface area contributed by atoms with Crippen LogP contribution in [-0.2, 0) is 16.0 Å². The van der Waals surface area contributed by atoms with Gasteiger partial charge in [-0.2, -0.15) is 0 Å². The quantitative estimate of drug-likeness (QED) is 0.579.